The van der Waals surface area contributed by atoms with Gasteiger partial charge in [0, 0.05) is 11.4 Å². The van der Waals surface area contributed by atoms with Crippen LogP contribution in [-0.4, -0.2) is 12.5 Å². The number of rotatable bonds is 6. The standard InChI is InChI=1S/C20H18N4O2S/c1-2-26-15-10-8-14(9-11-15)23-19(25)18-17(22)16(12-21)20(27-18)24-13-6-4-3-5-7-13/h3-11,24H,2,22H2,1H3,(H,23,25). The number of carbonyl (C=O) groups is 1. The number of nitrogens with one attached hydrogen (secondary N) is 2. The van der Waals surface area contributed by atoms with E-state index in [1.54, 1.807) is 24.3 Å². The zero-order chi connectivity index (χ0) is 19.2. The monoisotopic (exact) mass is 378 g/mol. The lowest BCUT2D eigenvalue weighted by atomic mass is 10.2. The summed E-state index contributed by atoms with van der Waals surface area (Å²) in [6, 6.07) is 18.5. The van der Waals surface area contributed by atoms with Gasteiger partial charge in [-0.3, -0.25) is 4.79 Å². The van der Waals surface area contributed by atoms with Crippen LogP contribution in [0.5, 0.6) is 5.75 Å². The molecular formula is C20H18N4O2S. The maximum atomic E-state index is 12.6. The summed E-state index contributed by atoms with van der Waals surface area (Å²) < 4.78 is 5.38. The van der Waals surface area contributed by atoms with Crippen molar-refractivity contribution in [1.82, 2.24) is 0 Å². The van der Waals surface area contributed by atoms with Gasteiger partial charge in [0.25, 0.3) is 5.91 Å². The summed E-state index contributed by atoms with van der Waals surface area (Å²) in [5.41, 5.74) is 7.92. The molecule has 136 valence electrons. The Bertz CT molecular complexity index is 976. The predicted molar refractivity (Wildman–Crippen MR) is 109 cm³/mol. The van der Waals surface area contributed by atoms with E-state index in [2.05, 4.69) is 16.7 Å². The van der Waals surface area contributed by atoms with Gasteiger partial charge in [0.2, 0.25) is 0 Å². The molecule has 3 aromatic rings. The van der Waals surface area contributed by atoms with Crippen molar-refractivity contribution in [1.29, 1.82) is 5.26 Å². The van der Waals surface area contributed by atoms with Crippen molar-refractivity contribution in [3.8, 4) is 11.8 Å². The Kier molecular flexibility index (Phi) is 5.59. The second-order valence-electron chi connectivity index (χ2n) is 5.56. The number of nitrogen functional groups attached to an aromatic ring is 1. The van der Waals surface area contributed by atoms with Gasteiger partial charge in [0.1, 0.15) is 27.3 Å². The molecule has 2 aromatic carbocycles. The number of hydrogen-bond acceptors (Lipinski definition) is 6. The molecule has 0 radical (unpaired) electrons. The van der Waals surface area contributed by atoms with E-state index in [0.29, 0.717) is 22.2 Å². The molecule has 4 N–H and O–H groups in total. The minimum absolute atomic E-state index is 0.171. The number of amides is 1. The largest absolute Gasteiger partial charge is 0.494 e. The van der Waals surface area contributed by atoms with Crippen LogP contribution in [0.2, 0.25) is 0 Å². The fourth-order valence-electron chi connectivity index (χ4n) is 2.45. The average Bonchev–Trinajstić information content (AvgIpc) is 2.99. The van der Waals surface area contributed by atoms with Gasteiger partial charge in [-0.15, -0.1) is 11.3 Å². The van der Waals surface area contributed by atoms with E-state index in [0.717, 1.165) is 22.8 Å². The van der Waals surface area contributed by atoms with Gasteiger partial charge in [-0.25, -0.2) is 0 Å². The topological polar surface area (TPSA) is 100 Å². The minimum atomic E-state index is -0.362. The number of carbonyl (C=O) groups excluding carboxylic acids is 1. The summed E-state index contributed by atoms with van der Waals surface area (Å²) in [7, 11) is 0. The number of nitrogens with zero attached hydrogens (tertiary/aromatic N) is 1. The van der Waals surface area contributed by atoms with E-state index >= 15 is 0 Å². The smallest absolute Gasteiger partial charge is 0.267 e. The first-order valence-electron chi connectivity index (χ1n) is 8.31. The number of hydrogen-bond donors (Lipinski definition) is 3. The number of ether oxygens (including phenoxy) is 1. The first-order chi connectivity index (χ1) is 13.1. The molecule has 0 bridgehead atoms. The van der Waals surface area contributed by atoms with Gasteiger partial charge in [-0.2, -0.15) is 5.26 Å². The van der Waals surface area contributed by atoms with E-state index in [-0.39, 0.29) is 17.2 Å². The molecule has 0 aliphatic rings. The Hall–Kier alpha value is -3.50. The van der Waals surface area contributed by atoms with Gasteiger partial charge >= 0.3 is 0 Å². The van der Waals surface area contributed by atoms with Crippen LogP contribution in [0.25, 0.3) is 0 Å². The van der Waals surface area contributed by atoms with Crippen LogP contribution in [0.1, 0.15) is 22.2 Å². The predicted octanol–water partition coefficient (Wildman–Crippen LogP) is 4.60. The molecule has 1 amide bonds. The summed E-state index contributed by atoms with van der Waals surface area (Å²) in [5.74, 6) is 0.367. The molecule has 0 saturated carbocycles. The Labute approximate surface area is 161 Å². The Morgan fingerprint density at radius 2 is 1.85 bits per heavy atom. The Balaban J connectivity index is 1.81. The highest BCUT2D eigenvalue weighted by Gasteiger charge is 2.21. The number of nitriles is 1. The summed E-state index contributed by atoms with van der Waals surface area (Å²) in [6.07, 6.45) is 0. The highest BCUT2D eigenvalue weighted by atomic mass is 32.1. The van der Waals surface area contributed by atoms with Crippen molar-refractivity contribution in [2.24, 2.45) is 0 Å². The molecule has 3 rings (SSSR count). The van der Waals surface area contributed by atoms with E-state index < -0.39 is 0 Å². The van der Waals surface area contributed by atoms with Crippen LogP contribution in [-0.2, 0) is 0 Å². The molecule has 1 aromatic heterocycles. The zero-order valence-electron chi connectivity index (χ0n) is 14.7. The molecular weight excluding hydrogens is 360 g/mol. The molecule has 0 aliphatic carbocycles. The molecule has 0 aliphatic heterocycles. The first kappa shape index (κ1) is 18.3. The van der Waals surface area contributed by atoms with Crippen molar-refractivity contribution in [3.63, 3.8) is 0 Å². The van der Waals surface area contributed by atoms with Crippen molar-refractivity contribution in [2.75, 3.05) is 23.0 Å². The lowest BCUT2D eigenvalue weighted by Crippen LogP contribution is -2.12. The third kappa shape index (κ3) is 4.19. The van der Waals surface area contributed by atoms with Crippen molar-refractivity contribution < 1.29 is 9.53 Å². The van der Waals surface area contributed by atoms with Crippen molar-refractivity contribution in [3.05, 3.63) is 65.0 Å². The quantitative estimate of drug-likeness (QED) is 0.582. The highest BCUT2D eigenvalue weighted by Crippen LogP contribution is 2.37. The van der Waals surface area contributed by atoms with Gasteiger partial charge in [0.05, 0.1) is 12.3 Å². The van der Waals surface area contributed by atoms with Gasteiger partial charge in [-0.05, 0) is 43.3 Å². The number of anilines is 4. The number of para-hydroxylation sites is 1. The minimum Gasteiger partial charge on any atom is -0.494 e. The normalized spacial score (nSPS) is 10.1. The van der Waals surface area contributed by atoms with Gasteiger partial charge in [0.15, 0.2) is 0 Å². The Morgan fingerprint density at radius 3 is 2.48 bits per heavy atom. The summed E-state index contributed by atoms with van der Waals surface area (Å²) in [6.45, 7) is 2.48. The molecule has 1 heterocycles. The lowest BCUT2D eigenvalue weighted by molar-refractivity contribution is 0.103. The van der Waals surface area contributed by atoms with E-state index in [1.807, 2.05) is 37.3 Å². The maximum absolute atomic E-state index is 12.6. The average molecular weight is 378 g/mol. The van der Waals surface area contributed by atoms with Crippen LogP contribution < -0.4 is 21.1 Å². The van der Waals surface area contributed by atoms with Crippen LogP contribution in [0.3, 0.4) is 0 Å². The third-order valence-corrected chi connectivity index (χ3v) is 4.84. The molecule has 7 heteroatoms. The summed E-state index contributed by atoms with van der Waals surface area (Å²) in [5, 5.41) is 15.9. The molecule has 0 spiro atoms. The zero-order valence-corrected chi connectivity index (χ0v) is 15.5. The second kappa shape index (κ2) is 8.25. The molecule has 0 fully saturated rings. The summed E-state index contributed by atoms with van der Waals surface area (Å²) in [4.78, 5) is 12.9. The second-order valence-corrected chi connectivity index (χ2v) is 6.58. The summed E-state index contributed by atoms with van der Waals surface area (Å²) >= 11 is 1.15. The van der Waals surface area contributed by atoms with Crippen LogP contribution in [0.15, 0.2) is 54.6 Å². The van der Waals surface area contributed by atoms with Gasteiger partial charge in [-0.1, -0.05) is 18.2 Å². The number of thiophene rings is 1. The Morgan fingerprint density at radius 1 is 1.15 bits per heavy atom. The fourth-order valence-corrected chi connectivity index (χ4v) is 3.44. The molecule has 0 saturated heterocycles. The van der Waals surface area contributed by atoms with Crippen molar-refractivity contribution in [2.45, 2.75) is 6.92 Å². The lowest BCUT2D eigenvalue weighted by Gasteiger charge is -2.06. The van der Waals surface area contributed by atoms with E-state index in [1.165, 1.54) is 0 Å². The van der Waals surface area contributed by atoms with E-state index in [4.69, 9.17) is 10.5 Å². The number of nitrogens with two attached hydrogens (primary N) is 1. The van der Waals surface area contributed by atoms with Crippen LogP contribution >= 0.6 is 11.3 Å². The molecule has 0 atom stereocenters. The molecule has 27 heavy (non-hydrogen) atoms. The van der Waals surface area contributed by atoms with Crippen molar-refractivity contribution >= 4 is 39.3 Å². The maximum Gasteiger partial charge on any atom is 0.267 e. The van der Waals surface area contributed by atoms with E-state index in [9.17, 15) is 10.1 Å². The SMILES string of the molecule is CCOc1ccc(NC(=O)c2sc(Nc3ccccc3)c(C#N)c2N)cc1. The fraction of sp³-hybridized carbons (Fsp3) is 0.100. The van der Waals surface area contributed by atoms with Gasteiger partial charge < -0.3 is 21.1 Å². The molecule has 6 nitrogen and oxygen atoms in total. The van der Waals surface area contributed by atoms with Crippen LogP contribution in [0.4, 0.5) is 22.1 Å². The third-order valence-electron chi connectivity index (χ3n) is 3.72. The number of benzene rings is 2. The first-order valence-corrected chi connectivity index (χ1v) is 9.12. The van der Waals surface area contributed by atoms with Crippen LogP contribution in [0, 0.1) is 11.3 Å². The highest BCUT2D eigenvalue weighted by molar-refractivity contribution is 7.19. The molecule has 0 unspecified atom stereocenters.